The normalized spacial score (nSPS) is 10.8. The van der Waals surface area contributed by atoms with E-state index < -0.39 is 11.5 Å². The lowest BCUT2D eigenvalue weighted by atomic mass is 10.2. The zero-order valence-corrected chi connectivity index (χ0v) is 17.9. The van der Waals surface area contributed by atoms with Crippen LogP contribution in [0.15, 0.2) is 47.3 Å². The van der Waals surface area contributed by atoms with Crippen LogP contribution < -0.4 is 10.3 Å². The summed E-state index contributed by atoms with van der Waals surface area (Å²) in [7, 11) is 3.18. The van der Waals surface area contributed by atoms with Crippen molar-refractivity contribution in [2.75, 3.05) is 14.2 Å². The summed E-state index contributed by atoms with van der Waals surface area (Å²) >= 11 is 6.18. The summed E-state index contributed by atoms with van der Waals surface area (Å²) in [6.07, 6.45) is -0.233. The third-order valence-electron chi connectivity index (χ3n) is 4.90. The molecule has 0 aliphatic rings. The molecule has 1 aromatic heterocycles. The van der Waals surface area contributed by atoms with Gasteiger partial charge >= 0.3 is 5.97 Å². The van der Waals surface area contributed by atoms with E-state index in [1.807, 2.05) is 18.2 Å². The van der Waals surface area contributed by atoms with Crippen molar-refractivity contribution in [1.29, 1.82) is 0 Å². The number of methoxy groups -OCH3 is 1. The van der Waals surface area contributed by atoms with E-state index in [4.69, 9.17) is 21.4 Å². The van der Waals surface area contributed by atoms with Crippen molar-refractivity contribution in [3.05, 3.63) is 69.2 Å². The maximum absolute atomic E-state index is 13.1. The third kappa shape index (κ3) is 5.03. The second-order valence-corrected chi connectivity index (χ2v) is 7.42. The number of aryl methyl sites for hydroxylation is 1. The van der Waals surface area contributed by atoms with Gasteiger partial charge in [0.25, 0.3) is 5.56 Å². The van der Waals surface area contributed by atoms with Crippen LogP contribution in [0, 0.1) is 0 Å². The zero-order chi connectivity index (χ0) is 22.5. The molecule has 1 heterocycles. The predicted molar refractivity (Wildman–Crippen MR) is 116 cm³/mol. The highest BCUT2D eigenvalue weighted by molar-refractivity contribution is 6.34. The molecule has 2 aromatic carbocycles. The van der Waals surface area contributed by atoms with Crippen molar-refractivity contribution in [2.45, 2.75) is 25.9 Å². The molecule has 0 radical (unpaired) electrons. The third-order valence-corrected chi connectivity index (χ3v) is 5.20. The highest BCUT2D eigenvalue weighted by Gasteiger charge is 2.19. The number of likely N-dealkylation sites (N-methyl/N-ethyl adjacent to an activating group) is 1. The summed E-state index contributed by atoms with van der Waals surface area (Å²) in [5, 5.41) is 9.62. The van der Waals surface area contributed by atoms with Crippen LogP contribution in [0.5, 0.6) is 5.75 Å². The number of hydrogen-bond donors (Lipinski definition) is 1. The number of benzene rings is 2. The number of carboxylic acids is 1. The molecule has 0 aliphatic heterocycles. The minimum Gasteiger partial charge on any atom is -0.496 e. The molecule has 0 bridgehead atoms. The number of ether oxygens (including phenoxy) is 1. The van der Waals surface area contributed by atoms with Gasteiger partial charge in [0.05, 0.1) is 29.5 Å². The van der Waals surface area contributed by atoms with E-state index >= 15 is 0 Å². The molecular weight excluding hydrogens is 422 g/mol. The SMILES string of the molecule is COc1ccccc1CN(C)C(=O)Cn1c(CCC(=O)O)nc2c(Cl)cccc2c1=O. The van der Waals surface area contributed by atoms with Gasteiger partial charge in [0.15, 0.2) is 0 Å². The van der Waals surface area contributed by atoms with Gasteiger partial charge in [0.2, 0.25) is 5.91 Å². The molecule has 1 amide bonds. The van der Waals surface area contributed by atoms with Crippen LogP contribution in [0.2, 0.25) is 5.02 Å². The number of halogens is 1. The van der Waals surface area contributed by atoms with Crippen molar-refractivity contribution >= 4 is 34.4 Å². The first kappa shape index (κ1) is 22.3. The standard InChI is InChI=1S/C22H22ClN3O5/c1-25(12-14-6-3-4-9-17(14)31-2)19(27)13-26-18(10-11-20(28)29)24-21-15(22(26)30)7-5-8-16(21)23/h3-9H,10-13H2,1-2H3,(H,28,29). The molecule has 0 unspecified atom stereocenters. The number of carboxylic acid groups (broad SMARTS) is 1. The number of rotatable bonds is 8. The van der Waals surface area contributed by atoms with Gasteiger partial charge in [-0.1, -0.05) is 35.9 Å². The molecule has 31 heavy (non-hydrogen) atoms. The Morgan fingerprint density at radius 3 is 2.65 bits per heavy atom. The number of nitrogens with zero attached hydrogens (tertiary/aromatic N) is 3. The van der Waals surface area contributed by atoms with Gasteiger partial charge < -0.3 is 14.7 Å². The maximum atomic E-state index is 13.1. The molecule has 1 N–H and O–H groups in total. The van der Waals surface area contributed by atoms with Gasteiger partial charge in [-0.15, -0.1) is 0 Å². The Morgan fingerprint density at radius 1 is 1.19 bits per heavy atom. The Bertz CT molecular complexity index is 1190. The monoisotopic (exact) mass is 443 g/mol. The predicted octanol–water partition coefficient (Wildman–Crippen LogP) is 2.73. The van der Waals surface area contributed by atoms with E-state index in [1.54, 1.807) is 38.4 Å². The summed E-state index contributed by atoms with van der Waals surface area (Å²) in [4.78, 5) is 43.0. The van der Waals surface area contributed by atoms with Gasteiger partial charge in [-0.25, -0.2) is 4.98 Å². The van der Waals surface area contributed by atoms with E-state index in [9.17, 15) is 14.4 Å². The van der Waals surface area contributed by atoms with Crippen LogP contribution in [-0.4, -0.2) is 45.6 Å². The molecule has 0 spiro atoms. The Kier molecular flexibility index (Phi) is 6.91. The number of aliphatic carboxylic acids is 1. The molecule has 162 valence electrons. The Balaban J connectivity index is 1.94. The molecule has 9 heteroatoms. The topological polar surface area (TPSA) is 102 Å². The van der Waals surface area contributed by atoms with Gasteiger partial charge in [0, 0.05) is 25.6 Å². The minimum atomic E-state index is -1.03. The summed E-state index contributed by atoms with van der Waals surface area (Å²) in [6, 6.07) is 12.2. The fraction of sp³-hybridized carbons (Fsp3) is 0.273. The zero-order valence-electron chi connectivity index (χ0n) is 17.2. The summed E-state index contributed by atoms with van der Waals surface area (Å²) < 4.78 is 6.55. The quantitative estimate of drug-likeness (QED) is 0.574. The fourth-order valence-corrected chi connectivity index (χ4v) is 3.48. The molecule has 0 atom stereocenters. The lowest BCUT2D eigenvalue weighted by Gasteiger charge is -2.20. The van der Waals surface area contributed by atoms with Gasteiger partial charge in [0.1, 0.15) is 18.1 Å². The van der Waals surface area contributed by atoms with Crippen molar-refractivity contribution in [2.24, 2.45) is 0 Å². The van der Waals surface area contributed by atoms with Crippen molar-refractivity contribution < 1.29 is 19.4 Å². The van der Waals surface area contributed by atoms with E-state index in [2.05, 4.69) is 4.98 Å². The highest BCUT2D eigenvalue weighted by Crippen LogP contribution is 2.21. The summed E-state index contributed by atoms with van der Waals surface area (Å²) in [5.41, 5.74) is 0.676. The molecule has 3 aromatic rings. The van der Waals surface area contributed by atoms with E-state index in [0.717, 1.165) is 5.56 Å². The first-order valence-electron chi connectivity index (χ1n) is 9.57. The van der Waals surface area contributed by atoms with E-state index in [-0.39, 0.29) is 48.1 Å². The molecule has 0 saturated heterocycles. The van der Waals surface area contributed by atoms with E-state index in [1.165, 1.54) is 9.47 Å². The van der Waals surface area contributed by atoms with Crippen LogP contribution >= 0.6 is 11.6 Å². The summed E-state index contributed by atoms with van der Waals surface area (Å²) in [5.74, 6) is -0.497. The number of carbonyl (C=O) groups excluding carboxylic acids is 1. The van der Waals surface area contributed by atoms with Crippen LogP contribution in [0.3, 0.4) is 0 Å². The van der Waals surface area contributed by atoms with Crippen LogP contribution in [0.1, 0.15) is 17.8 Å². The lowest BCUT2D eigenvalue weighted by molar-refractivity contribution is -0.137. The number of fused-ring (bicyclic) bond motifs is 1. The maximum Gasteiger partial charge on any atom is 0.303 e. The average Bonchev–Trinajstić information content (AvgIpc) is 2.75. The first-order chi connectivity index (χ1) is 14.8. The first-order valence-corrected chi connectivity index (χ1v) is 9.95. The Hall–Kier alpha value is -3.39. The molecular formula is C22H22ClN3O5. The van der Waals surface area contributed by atoms with E-state index in [0.29, 0.717) is 11.3 Å². The van der Waals surface area contributed by atoms with Crippen molar-refractivity contribution in [3.8, 4) is 5.75 Å². The number of carbonyl (C=O) groups is 2. The lowest BCUT2D eigenvalue weighted by Crippen LogP contribution is -2.35. The van der Waals surface area contributed by atoms with Crippen LogP contribution in [-0.2, 0) is 29.1 Å². The number of aromatic nitrogens is 2. The van der Waals surface area contributed by atoms with Gasteiger partial charge in [-0.05, 0) is 18.2 Å². The second kappa shape index (κ2) is 9.61. The molecule has 8 nitrogen and oxygen atoms in total. The molecule has 0 saturated carbocycles. The van der Waals surface area contributed by atoms with Crippen LogP contribution in [0.25, 0.3) is 10.9 Å². The van der Waals surface area contributed by atoms with Crippen molar-refractivity contribution in [1.82, 2.24) is 14.5 Å². The Morgan fingerprint density at radius 2 is 1.94 bits per heavy atom. The fourth-order valence-electron chi connectivity index (χ4n) is 3.26. The van der Waals surface area contributed by atoms with Crippen molar-refractivity contribution in [3.63, 3.8) is 0 Å². The molecule has 0 fully saturated rings. The van der Waals surface area contributed by atoms with Gasteiger partial charge in [-0.2, -0.15) is 0 Å². The number of hydrogen-bond acceptors (Lipinski definition) is 5. The largest absolute Gasteiger partial charge is 0.496 e. The number of amides is 1. The average molecular weight is 444 g/mol. The van der Waals surface area contributed by atoms with Gasteiger partial charge in [-0.3, -0.25) is 19.0 Å². The molecule has 0 aliphatic carbocycles. The summed E-state index contributed by atoms with van der Waals surface area (Å²) in [6.45, 7) is 0.0176. The van der Waals surface area contributed by atoms with Crippen LogP contribution in [0.4, 0.5) is 0 Å². The second-order valence-electron chi connectivity index (χ2n) is 7.01. The Labute approximate surface area is 183 Å². The molecule has 3 rings (SSSR count). The highest BCUT2D eigenvalue weighted by atomic mass is 35.5. The smallest absolute Gasteiger partial charge is 0.303 e. The number of para-hydroxylation sites is 2. The minimum absolute atomic E-state index is 0.00472.